The Hall–Kier alpha value is -0.460. The van der Waals surface area contributed by atoms with Gasteiger partial charge in [-0.1, -0.05) is 15.9 Å². The molecule has 72 valence electrons. The van der Waals surface area contributed by atoms with E-state index in [0.717, 1.165) is 12.1 Å². The molecule has 13 heavy (non-hydrogen) atoms. The third-order valence-electron chi connectivity index (χ3n) is 1.52. The van der Waals surface area contributed by atoms with Crippen LogP contribution in [0.3, 0.4) is 0 Å². The molecule has 0 saturated carbocycles. The largest absolute Gasteiger partial charge is 0.241 e. The van der Waals surface area contributed by atoms with Crippen molar-refractivity contribution in [1.29, 1.82) is 0 Å². The standard InChI is InChI=1S/C7H7BrFNO2S/c1-4-2-6(9)7(3-5(4)8)13(10,11)12/h2-3H,1H3,(H2,10,11,12). The summed E-state index contributed by atoms with van der Waals surface area (Å²) in [6.45, 7) is 1.65. The highest BCUT2D eigenvalue weighted by molar-refractivity contribution is 9.10. The molecule has 2 N–H and O–H groups in total. The lowest BCUT2D eigenvalue weighted by atomic mass is 10.2. The number of primary sulfonamides is 1. The molecule has 1 aromatic rings. The van der Waals surface area contributed by atoms with E-state index in [4.69, 9.17) is 5.14 Å². The minimum Gasteiger partial charge on any atom is -0.225 e. The van der Waals surface area contributed by atoms with Gasteiger partial charge in [-0.15, -0.1) is 0 Å². The van der Waals surface area contributed by atoms with Crippen LogP contribution in [-0.4, -0.2) is 8.42 Å². The van der Waals surface area contributed by atoms with Gasteiger partial charge in [0.25, 0.3) is 0 Å². The Labute approximate surface area is 83.9 Å². The van der Waals surface area contributed by atoms with Gasteiger partial charge in [0.15, 0.2) is 0 Å². The van der Waals surface area contributed by atoms with Crippen LogP contribution in [0.15, 0.2) is 21.5 Å². The number of hydrogen-bond acceptors (Lipinski definition) is 2. The van der Waals surface area contributed by atoms with E-state index >= 15 is 0 Å². The summed E-state index contributed by atoms with van der Waals surface area (Å²) in [6, 6.07) is 2.27. The molecule has 0 aliphatic rings. The van der Waals surface area contributed by atoms with Gasteiger partial charge < -0.3 is 0 Å². The monoisotopic (exact) mass is 267 g/mol. The van der Waals surface area contributed by atoms with E-state index in [2.05, 4.69) is 15.9 Å². The third kappa shape index (κ3) is 2.26. The van der Waals surface area contributed by atoms with Crippen molar-refractivity contribution < 1.29 is 12.8 Å². The Kier molecular flexibility index (Phi) is 2.74. The first-order chi connectivity index (χ1) is 5.82. The summed E-state index contributed by atoms with van der Waals surface area (Å²) >= 11 is 3.09. The van der Waals surface area contributed by atoms with E-state index in [9.17, 15) is 12.8 Å². The Morgan fingerprint density at radius 2 is 2.00 bits per heavy atom. The van der Waals surface area contributed by atoms with Crippen LogP contribution in [0.4, 0.5) is 4.39 Å². The molecule has 0 fully saturated rings. The molecule has 0 aromatic heterocycles. The van der Waals surface area contributed by atoms with Gasteiger partial charge in [0.05, 0.1) is 0 Å². The normalized spacial score (nSPS) is 11.7. The molecule has 1 rings (SSSR count). The van der Waals surface area contributed by atoms with Gasteiger partial charge in [-0.05, 0) is 24.6 Å². The van der Waals surface area contributed by atoms with Gasteiger partial charge in [0.2, 0.25) is 10.0 Å². The lowest BCUT2D eigenvalue weighted by Gasteiger charge is -2.03. The van der Waals surface area contributed by atoms with Crippen LogP contribution in [0.2, 0.25) is 0 Å². The van der Waals surface area contributed by atoms with Gasteiger partial charge in [-0.25, -0.2) is 17.9 Å². The molecule has 0 saturated heterocycles. The van der Waals surface area contributed by atoms with Crippen LogP contribution in [0.1, 0.15) is 5.56 Å². The lowest BCUT2D eigenvalue weighted by Crippen LogP contribution is -2.14. The van der Waals surface area contributed by atoms with Crippen molar-refractivity contribution in [2.24, 2.45) is 5.14 Å². The molecule has 0 amide bonds. The number of rotatable bonds is 1. The van der Waals surface area contributed by atoms with Crippen molar-refractivity contribution in [2.75, 3.05) is 0 Å². The Morgan fingerprint density at radius 1 is 1.46 bits per heavy atom. The van der Waals surface area contributed by atoms with Crippen molar-refractivity contribution in [1.82, 2.24) is 0 Å². The molecule has 0 aliphatic heterocycles. The predicted octanol–water partition coefficient (Wildman–Crippen LogP) is 1.54. The maximum absolute atomic E-state index is 13.0. The fourth-order valence-corrected chi connectivity index (χ4v) is 1.95. The first kappa shape index (κ1) is 10.6. The maximum Gasteiger partial charge on any atom is 0.241 e. The number of halogens is 2. The second kappa shape index (κ2) is 3.36. The molecule has 0 aliphatic carbocycles. The lowest BCUT2D eigenvalue weighted by molar-refractivity contribution is 0.567. The van der Waals surface area contributed by atoms with E-state index in [1.54, 1.807) is 6.92 Å². The topological polar surface area (TPSA) is 60.2 Å². The number of hydrogen-bond donors (Lipinski definition) is 1. The van der Waals surface area contributed by atoms with E-state index in [1.807, 2.05) is 0 Å². The highest BCUT2D eigenvalue weighted by Crippen LogP contribution is 2.22. The molecule has 0 heterocycles. The minimum atomic E-state index is -3.98. The maximum atomic E-state index is 13.0. The minimum absolute atomic E-state index is 0.495. The summed E-state index contributed by atoms with van der Waals surface area (Å²) in [7, 11) is -3.98. The van der Waals surface area contributed by atoms with Crippen molar-refractivity contribution >= 4 is 26.0 Å². The molecular weight excluding hydrogens is 261 g/mol. The molecule has 1 aromatic carbocycles. The van der Waals surface area contributed by atoms with Gasteiger partial charge in [0, 0.05) is 4.47 Å². The van der Waals surface area contributed by atoms with Crippen LogP contribution in [-0.2, 0) is 10.0 Å². The van der Waals surface area contributed by atoms with Crippen LogP contribution in [0, 0.1) is 12.7 Å². The number of aryl methyl sites for hydroxylation is 1. The van der Waals surface area contributed by atoms with Crippen molar-refractivity contribution in [3.63, 3.8) is 0 Å². The zero-order valence-corrected chi connectivity index (χ0v) is 9.12. The van der Waals surface area contributed by atoms with Crippen molar-refractivity contribution in [3.05, 3.63) is 28.0 Å². The van der Waals surface area contributed by atoms with Crippen LogP contribution < -0.4 is 5.14 Å². The fraction of sp³-hybridized carbons (Fsp3) is 0.143. The average Bonchev–Trinajstić information content (AvgIpc) is 1.94. The number of benzene rings is 1. The summed E-state index contributed by atoms with van der Waals surface area (Å²) in [5, 5.41) is 4.79. The van der Waals surface area contributed by atoms with Gasteiger partial charge in [0.1, 0.15) is 10.7 Å². The Morgan fingerprint density at radius 3 is 2.46 bits per heavy atom. The van der Waals surface area contributed by atoms with E-state index < -0.39 is 20.7 Å². The summed E-state index contributed by atoms with van der Waals surface area (Å²) in [5.41, 5.74) is 0.616. The molecule has 0 spiro atoms. The van der Waals surface area contributed by atoms with Gasteiger partial charge in [-0.3, -0.25) is 0 Å². The van der Waals surface area contributed by atoms with Crippen molar-refractivity contribution in [3.8, 4) is 0 Å². The Bertz CT molecular complexity index is 444. The first-order valence-electron chi connectivity index (χ1n) is 3.31. The predicted molar refractivity (Wildman–Crippen MR) is 50.2 cm³/mol. The summed E-state index contributed by atoms with van der Waals surface area (Å²) in [4.78, 5) is -0.495. The molecule has 0 unspecified atom stereocenters. The van der Waals surface area contributed by atoms with E-state index in [0.29, 0.717) is 10.0 Å². The molecular formula is C7H7BrFNO2S. The highest BCUT2D eigenvalue weighted by Gasteiger charge is 2.15. The smallest absolute Gasteiger partial charge is 0.225 e. The second-order valence-electron chi connectivity index (χ2n) is 2.58. The SMILES string of the molecule is Cc1cc(F)c(S(N)(=O)=O)cc1Br. The molecule has 6 heteroatoms. The molecule has 0 atom stereocenters. The van der Waals surface area contributed by atoms with Crippen LogP contribution >= 0.6 is 15.9 Å². The summed E-state index contributed by atoms with van der Waals surface area (Å²) in [6.07, 6.45) is 0. The number of sulfonamides is 1. The van der Waals surface area contributed by atoms with E-state index in [1.165, 1.54) is 0 Å². The van der Waals surface area contributed by atoms with Gasteiger partial charge in [-0.2, -0.15) is 0 Å². The zero-order valence-electron chi connectivity index (χ0n) is 6.71. The van der Waals surface area contributed by atoms with Crippen molar-refractivity contribution in [2.45, 2.75) is 11.8 Å². The highest BCUT2D eigenvalue weighted by atomic mass is 79.9. The van der Waals surface area contributed by atoms with Crippen LogP contribution in [0.5, 0.6) is 0 Å². The van der Waals surface area contributed by atoms with Gasteiger partial charge >= 0.3 is 0 Å². The molecule has 0 bridgehead atoms. The summed E-state index contributed by atoms with van der Waals surface area (Å²) in [5.74, 6) is -0.830. The Balaban J connectivity index is 3.50. The summed E-state index contributed by atoms with van der Waals surface area (Å²) < 4.78 is 35.2. The average molecular weight is 268 g/mol. The number of nitrogens with two attached hydrogens (primary N) is 1. The molecule has 3 nitrogen and oxygen atoms in total. The first-order valence-corrected chi connectivity index (χ1v) is 5.65. The van der Waals surface area contributed by atoms with E-state index in [-0.39, 0.29) is 0 Å². The quantitative estimate of drug-likeness (QED) is 0.839. The molecule has 0 radical (unpaired) electrons. The second-order valence-corrected chi connectivity index (χ2v) is 4.96. The van der Waals surface area contributed by atoms with Crippen LogP contribution in [0.25, 0.3) is 0 Å². The third-order valence-corrected chi connectivity index (χ3v) is 3.30. The zero-order chi connectivity index (χ0) is 10.2. The fourth-order valence-electron chi connectivity index (χ4n) is 0.846.